The van der Waals surface area contributed by atoms with Crippen molar-refractivity contribution in [2.75, 3.05) is 0 Å². The van der Waals surface area contributed by atoms with E-state index in [9.17, 15) is 0 Å². The average molecular weight is 535 g/mol. The van der Waals surface area contributed by atoms with E-state index in [0.29, 0.717) is 0 Å². The van der Waals surface area contributed by atoms with E-state index in [0.717, 1.165) is 11.0 Å². The Kier molecular flexibility index (Phi) is 4.93. The Hall–Kier alpha value is -5.60. The fourth-order valence-corrected chi connectivity index (χ4v) is 6.69. The molecule has 0 unspecified atom stereocenters. The summed E-state index contributed by atoms with van der Waals surface area (Å²) in [6.07, 6.45) is 0. The van der Waals surface area contributed by atoms with Crippen molar-refractivity contribution in [3.63, 3.8) is 0 Å². The van der Waals surface area contributed by atoms with Crippen LogP contribution in [0.25, 0.3) is 76.9 Å². The summed E-state index contributed by atoms with van der Waals surface area (Å²) >= 11 is 0. The normalized spacial score (nSPS) is 11.8. The maximum Gasteiger partial charge on any atom is 0.0541 e. The van der Waals surface area contributed by atoms with Gasteiger partial charge in [-0.25, -0.2) is 0 Å². The standard InChI is InChI=1S/C40H26N2/c1-3-10-27(11-4-1)37-24-31-20-18-29-22-39(31)41(37)33-14-9-15-34(26-33)42-38(28-12-5-2-6-13-28)25-32-21-19-30(23-40(32)42)36-17-8-7-16-35(29)36/h1-26H. The van der Waals surface area contributed by atoms with Crippen LogP contribution in [0.2, 0.25) is 0 Å². The second kappa shape index (κ2) is 8.95. The number of nitrogens with zero attached hydrogens (tertiary/aromatic N) is 2. The molecular formula is C40H26N2. The van der Waals surface area contributed by atoms with Crippen LogP contribution in [-0.2, 0) is 0 Å². The lowest BCUT2D eigenvalue weighted by Crippen LogP contribution is -1.91. The Morgan fingerprint density at radius 2 is 0.738 bits per heavy atom. The highest BCUT2D eigenvalue weighted by Gasteiger charge is 2.13. The molecule has 0 amide bonds. The second-order valence-electron chi connectivity index (χ2n) is 11.1. The van der Waals surface area contributed by atoms with Gasteiger partial charge in [-0.15, -0.1) is 0 Å². The van der Waals surface area contributed by atoms with Gasteiger partial charge in [-0.1, -0.05) is 115 Å². The molecule has 9 rings (SSSR count). The van der Waals surface area contributed by atoms with Crippen molar-refractivity contribution >= 4 is 54.4 Å². The van der Waals surface area contributed by atoms with Crippen LogP contribution in [0.1, 0.15) is 0 Å². The topological polar surface area (TPSA) is 8.82 Å². The summed E-state index contributed by atoms with van der Waals surface area (Å²) in [5.41, 5.74) is 9.45. The van der Waals surface area contributed by atoms with E-state index in [2.05, 4.69) is 167 Å². The van der Waals surface area contributed by atoms with E-state index in [1.54, 1.807) is 0 Å². The van der Waals surface area contributed by atoms with Crippen molar-refractivity contribution in [1.82, 2.24) is 8.80 Å². The highest BCUT2D eigenvalue weighted by Crippen LogP contribution is 2.35. The molecule has 0 spiro atoms. The zero-order valence-corrected chi connectivity index (χ0v) is 22.9. The first-order valence-electron chi connectivity index (χ1n) is 14.4. The fourth-order valence-electron chi connectivity index (χ4n) is 6.69. The zero-order valence-electron chi connectivity index (χ0n) is 22.9. The maximum absolute atomic E-state index is 2.43. The van der Waals surface area contributed by atoms with Gasteiger partial charge in [-0.05, 0) is 75.1 Å². The van der Waals surface area contributed by atoms with Crippen LogP contribution in [-0.4, -0.2) is 8.80 Å². The molecule has 3 heterocycles. The van der Waals surface area contributed by atoms with Crippen LogP contribution in [0.3, 0.4) is 0 Å². The molecule has 196 valence electrons. The smallest absolute Gasteiger partial charge is 0.0541 e. The number of hydrogen-bond acceptors (Lipinski definition) is 0. The van der Waals surface area contributed by atoms with Gasteiger partial charge in [-0.3, -0.25) is 0 Å². The van der Waals surface area contributed by atoms with Gasteiger partial charge < -0.3 is 8.80 Å². The SMILES string of the molecule is c1ccc(-c2cc3ccc4cc3n2c2cccc(c2)n2c(-c3ccccc3)cc3ccc(cc32)c2ccccc42)cc1. The molecule has 0 aliphatic carbocycles. The van der Waals surface area contributed by atoms with Gasteiger partial charge in [0.25, 0.3) is 0 Å². The van der Waals surface area contributed by atoms with Crippen LogP contribution in [0.4, 0.5) is 0 Å². The first kappa shape index (κ1) is 23.1. The molecular weight excluding hydrogens is 508 g/mol. The minimum atomic E-state index is 1.14. The van der Waals surface area contributed by atoms with E-state index in [-0.39, 0.29) is 0 Å². The lowest BCUT2D eigenvalue weighted by atomic mass is 10.0. The molecule has 0 aliphatic rings. The Bertz CT molecular complexity index is 2320. The molecule has 0 aliphatic heterocycles. The molecule has 0 radical (unpaired) electrons. The lowest BCUT2D eigenvalue weighted by molar-refractivity contribution is 1.25. The summed E-state index contributed by atoms with van der Waals surface area (Å²) in [6.45, 7) is 0. The second-order valence-corrected chi connectivity index (χ2v) is 11.1. The van der Waals surface area contributed by atoms with Crippen molar-refractivity contribution in [3.05, 3.63) is 158 Å². The third kappa shape index (κ3) is 3.45. The molecule has 42 heavy (non-hydrogen) atoms. The molecule has 2 heteroatoms. The predicted octanol–water partition coefficient (Wildman–Crippen LogP) is 10.7. The third-order valence-electron chi connectivity index (χ3n) is 8.64. The van der Waals surface area contributed by atoms with Crippen LogP contribution in [0.15, 0.2) is 158 Å². The number of benzene rings is 6. The van der Waals surface area contributed by atoms with Crippen molar-refractivity contribution in [2.45, 2.75) is 0 Å². The molecule has 9 aromatic rings. The van der Waals surface area contributed by atoms with E-state index >= 15 is 0 Å². The molecule has 0 fully saturated rings. The monoisotopic (exact) mass is 534 g/mol. The van der Waals surface area contributed by atoms with Gasteiger partial charge in [0.15, 0.2) is 0 Å². The number of aromatic nitrogens is 2. The summed E-state index contributed by atoms with van der Waals surface area (Å²) in [4.78, 5) is 0. The van der Waals surface area contributed by atoms with E-state index in [1.165, 1.54) is 65.9 Å². The summed E-state index contributed by atoms with van der Waals surface area (Å²) in [7, 11) is 0. The average Bonchev–Trinajstić information content (AvgIpc) is 3.64. The van der Waals surface area contributed by atoms with Crippen molar-refractivity contribution in [1.29, 1.82) is 0 Å². The molecule has 0 N–H and O–H groups in total. The van der Waals surface area contributed by atoms with Crippen LogP contribution >= 0.6 is 0 Å². The Morgan fingerprint density at radius 3 is 1.21 bits per heavy atom. The summed E-state index contributed by atoms with van der Waals surface area (Å²) in [5.74, 6) is 0. The van der Waals surface area contributed by atoms with Gasteiger partial charge >= 0.3 is 0 Å². The molecule has 0 atom stereocenters. The van der Waals surface area contributed by atoms with Gasteiger partial charge in [0.05, 0.1) is 22.4 Å². The minimum absolute atomic E-state index is 1.14. The van der Waals surface area contributed by atoms with E-state index in [4.69, 9.17) is 0 Å². The van der Waals surface area contributed by atoms with Crippen LogP contribution < -0.4 is 0 Å². The van der Waals surface area contributed by atoms with Gasteiger partial charge in [-0.2, -0.15) is 0 Å². The fraction of sp³-hybridized carbons (Fsp3) is 0. The van der Waals surface area contributed by atoms with E-state index < -0.39 is 0 Å². The van der Waals surface area contributed by atoms with Crippen LogP contribution in [0.5, 0.6) is 0 Å². The molecule has 0 saturated carbocycles. The summed E-state index contributed by atoms with van der Waals surface area (Å²) in [5, 5.41) is 7.36. The highest BCUT2D eigenvalue weighted by molar-refractivity contribution is 6.09. The Morgan fingerprint density at radius 1 is 0.310 bits per heavy atom. The van der Waals surface area contributed by atoms with Gasteiger partial charge in [0.2, 0.25) is 0 Å². The van der Waals surface area contributed by atoms with Crippen molar-refractivity contribution in [3.8, 4) is 22.5 Å². The van der Waals surface area contributed by atoms with Gasteiger partial charge in [0, 0.05) is 21.8 Å². The quantitative estimate of drug-likeness (QED) is 0.209. The predicted molar refractivity (Wildman–Crippen MR) is 178 cm³/mol. The number of fused-ring (bicyclic) bond motifs is 9. The lowest BCUT2D eigenvalue weighted by Gasteiger charge is -2.08. The van der Waals surface area contributed by atoms with Crippen molar-refractivity contribution < 1.29 is 0 Å². The molecule has 6 aromatic carbocycles. The molecule has 2 nitrogen and oxygen atoms in total. The largest absolute Gasteiger partial charge is 0.309 e. The number of hydrogen-bond donors (Lipinski definition) is 0. The van der Waals surface area contributed by atoms with Crippen molar-refractivity contribution in [2.24, 2.45) is 0 Å². The Balaban J connectivity index is 1.58. The maximum atomic E-state index is 2.43. The highest BCUT2D eigenvalue weighted by atomic mass is 14.9. The summed E-state index contributed by atoms with van der Waals surface area (Å²) < 4.78 is 4.85. The molecule has 6 bridgehead atoms. The molecule has 3 aromatic heterocycles. The first-order chi connectivity index (χ1) is 20.8. The Labute approximate surface area is 243 Å². The number of rotatable bonds is 2. The first-order valence-corrected chi connectivity index (χ1v) is 14.4. The van der Waals surface area contributed by atoms with Gasteiger partial charge in [0.1, 0.15) is 0 Å². The van der Waals surface area contributed by atoms with E-state index in [1.807, 2.05) is 0 Å². The third-order valence-corrected chi connectivity index (χ3v) is 8.64. The zero-order chi connectivity index (χ0) is 27.6. The minimum Gasteiger partial charge on any atom is -0.309 e. The van der Waals surface area contributed by atoms with Crippen LogP contribution in [0, 0.1) is 0 Å². The summed E-state index contributed by atoms with van der Waals surface area (Å²) in [6, 6.07) is 57.7. The molecule has 0 saturated heterocycles.